The van der Waals surface area contributed by atoms with Crippen LogP contribution >= 0.6 is 0 Å². The third-order valence-corrected chi connectivity index (χ3v) is 2.58. The molecule has 0 atom stereocenters. The average Bonchev–Trinajstić information content (AvgIpc) is 2.74. The van der Waals surface area contributed by atoms with E-state index in [0.717, 1.165) is 11.1 Å². The molecule has 0 amide bonds. The Morgan fingerprint density at radius 2 is 2.06 bits per heavy atom. The highest BCUT2D eigenvalue weighted by molar-refractivity contribution is 5.18. The van der Waals surface area contributed by atoms with Crippen LogP contribution in [0.1, 0.15) is 11.1 Å². The van der Waals surface area contributed by atoms with Gasteiger partial charge in [0.1, 0.15) is 5.82 Å². The summed E-state index contributed by atoms with van der Waals surface area (Å²) in [6.07, 6.45) is 4.62. The van der Waals surface area contributed by atoms with Crippen LogP contribution < -0.4 is 5.18 Å². The minimum absolute atomic E-state index is 0. The molecule has 0 aliphatic heterocycles. The maximum atomic E-state index is 13.0. The van der Waals surface area contributed by atoms with Crippen LogP contribution in [0.3, 0.4) is 0 Å². The second-order valence-corrected chi connectivity index (χ2v) is 3.97. The van der Waals surface area contributed by atoms with Crippen LogP contribution in [-0.4, -0.2) is 16.6 Å². The smallest absolute Gasteiger partial charge is 0.193 e. The molecule has 0 aliphatic carbocycles. The lowest BCUT2D eigenvalue weighted by Gasteiger charge is -2.02. The molecule has 5 heteroatoms. The first-order valence-electron chi connectivity index (χ1n) is 5.52. The number of nitroso groups, excluding NO2 is 1. The van der Waals surface area contributed by atoms with Gasteiger partial charge in [-0.15, -0.1) is 0 Å². The third-order valence-electron chi connectivity index (χ3n) is 2.58. The van der Waals surface area contributed by atoms with Crippen molar-refractivity contribution in [3.63, 3.8) is 0 Å². The first-order valence-corrected chi connectivity index (χ1v) is 5.52. The lowest BCUT2D eigenvalue weighted by molar-refractivity contribution is -0.479. The van der Waals surface area contributed by atoms with Crippen molar-refractivity contribution in [2.24, 2.45) is 0 Å². The number of hydrogen-bond donors (Lipinski definition) is 1. The van der Waals surface area contributed by atoms with Gasteiger partial charge in [-0.2, -0.15) is 0 Å². The Morgan fingerprint density at radius 3 is 2.78 bits per heavy atom. The zero-order valence-corrected chi connectivity index (χ0v) is 9.84. The fourth-order valence-corrected chi connectivity index (χ4v) is 1.78. The number of rotatable bonds is 5. The normalized spacial score (nSPS) is 9.83. The molecule has 0 saturated heterocycles. The van der Waals surface area contributed by atoms with E-state index in [1.54, 1.807) is 6.07 Å². The Hall–Kier alpha value is -2.01. The molecule has 18 heavy (non-hydrogen) atoms. The molecule has 4 nitrogen and oxygen atoms in total. The van der Waals surface area contributed by atoms with E-state index < -0.39 is 0 Å². The standard InChI is InChI=1S/C13H13FN2O.H2O/c14-13-3-1-2-12(8-13)10-16-7-5-11(9-16)4-6-15-17;/h1-3,5,7-9H,4,6,10H2;1H2. The molecule has 0 saturated carbocycles. The first-order chi connectivity index (χ1) is 8.28. The van der Waals surface area contributed by atoms with Crippen molar-refractivity contribution in [1.82, 2.24) is 4.57 Å². The molecule has 0 aliphatic rings. The maximum Gasteiger partial charge on any atom is 0.193 e. The summed E-state index contributed by atoms with van der Waals surface area (Å²) >= 11 is 0. The summed E-state index contributed by atoms with van der Waals surface area (Å²) in [6, 6.07) is 8.53. The van der Waals surface area contributed by atoms with Gasteiger partial charge < -0.3 is 10.0 Å². The Morgan fingerprint density at radius 1 is 1.22 bits per heavy atom. The SMILES string of the molecule is O=[NH+]CCc1ccn(Cc2cccc(F)c2)c1.[OH-]. The predicted octanol–water partition coefficient (Wildman–Crippen LogP) is 0.888. The molecule has 2 N–H and O–H groups in total. The van der Waals surface area contributed by atoms with Crippen molar-refractivity contribution in [1.29, 1.82) is 0 Å². The quantitative estimate of drug-likeness (QED) is 0.856. The summed E-state index contributed by atoms with van der Waals surface area (Å²) in [5.41, 5.74) is 2.03. The highest BCUT2D eigenvalue weighted by atomic mass is 19.1. The monoisotopic (exact) mass is 250 g/mol. The van der Waals surface area contributed by atoms with Crippen molar-refractivity contribution in [2.75, 3.05) is 6.54 Å². The molecule has 0 fully saturated rings. The van der Waals surface area contributed by atoms with Crippen LogP contribution in [0.2, 0.25) is 0 Å². The molecular weight excluding hydrogens is 235 g/mol. The molecule has 1 aromatic carbocycles. The van der Waals surface area contributed by atoms with E-state index in [1.165, 1.54) is 12.1 Å². The Balaban J connectivity index is 0.00000162. The fourth-order valence-electron chi connectivity index (χ4n) is 1.78. The van der Waals surface area contributed by atoms with Crippen molar-refractivity contribution >= 4 is 0 Å². The number of nitrogens with zero attached hydrogens (tertiary/aromatic N) is 1. The minimum atomic E-state index is -0.217. The van der Waals surface area contributed by atoms with Gasteiger partial charge in [0.05, 0.1) is 0 Å². The molecule has 1 aromatic heterocycles. The third kappa shape index (κ3) is 3.78. The molecule has 0 spiro atoms. The number of hydrogen-bond acceptors (Lipinski definition) is 2. The summed E-state index contributed by atoms with van der Waals surface area (Å²) in [6.45, 7) is 1.06. The van der Waals surface area contributed by atoms with Crippen molar-refractivity contribution in [3.8, 4) is 0 Å². The average molecular weight is 250 g/mol. The summed E-state index contributed by atoms with van der Waals surface area (Å²) < 4.78 is 15.0. The van der Waals surface area contributed by atoms with E-state index in [9.17, 15) is 9.30 Å². The Labute approximate surface area is 104 Å². The molecule has 0 unspecified atom stereocenters. The minimum Gasteiger partial charge on any atom is -0.870 e. The van der Waals surface area contributed by atoms with Crippen LogP contribution in [0.5, 0.6) is 0 Å². The molecule has 0 bridgehead atoms. The molecule has 2 aromatic rings. The van der Waals surface area contributed by atoms with E-state index in [1.807, 2.05) is 34.3 Å². The highest BCUT2D eigenvalue weighted by Gasteiger charge is 2.00. The predicted molar refractivity (Wildman–Crippen MR) is 64.8 cm³/mol. The number of nitrogens with one attached hydrogen (secondary N) is 1. The van der Waals surface area contributed by atoms with Gasteiger partial charge in [-0.05, 0) is 34.5 Å². The van der Waals surface area contributed by atoms with Gasteiger partial charge in [0, 0.05) is 30.3 Å². The first kappa shape index (κ1) is 14.1. The van der Waals surface area contributed by atoms with Crippen molar-refractivity contribution in [2.45, 2.75) is 13.0 Å². The molecule has 1 heterocycles. The van der Waals surface area contributed by atoms with Crippen LogP contribution in [0, 0.1) is 10.7 Å². The van der Waals surface area contributed by atoms with E-state index in [0.29, 0.717) is 19.5 Å². The van der Waals surface area contributed by atoms with E-state index >= 15 is 0 Å². The summed E-state index contributed by atoms with van der Waals surface area (Å²) in [4.78, 5) is 10.1. The molecule has 0 radical (unpaired) electrons. The van der Waals surface area contributed by atoms with Gasteiger partial charge in [-0.3, -0.25) is 0 Å². The summed E-state index contributed by atoms with van der Waals surface area (Å²) in [5.74, 6) is -0.217. The molecule has 96 valence electrons. The fraction of sp³-hybridized carbons (Fsp3) is 0.231. The van der Waals surface area contributed by atoms with Gasteiger partial charge in [-0.1, -0.05) is 12.1 Å². The Kier molecular flexibility index (Phi) is 5.20. The largest absolute Gasteiger partial charge is 0.870 e. The topological polar surface area (TPSA) is 66.0 Å². The van der Waals surface area contributed by atoms with Crippen LogP contribution in [0.25, 0.3) is 0 Å². The number of benzene rings is 1. The van der Waals surface area contributed by atoms with Crippen LogP contribution in [0.15, 0.2) is 42.7 Å². The van der Waals surface area contributed by atoms with Gasteiger partial charge in [0.2, 0.25) is 0 Å². The van der Waals surface area contributed by atoms with Gasteiger partial charge in [0.25, 0.3) is 0 Å². The van der Waals surface area contributed by atoms with Crippen molar-refractivity contribution in [3.05, 3.63) is 64.6 Å². The summed E-state index contributed by atoms with van der Waals surface area (Å²) in [5, 5.41) is 1.87. The lowest BCUT2D eigenvalue weighted by atomic mass is 10.2. The Bertz CT molecular complexity index is 511. The van der Waals surface area contributed by atoms with Gasteiger partial charge >= 0.3 is 0 Å². The van der Waals surface area contributed by atoms with Gasteiger partial charge in [-0.25, -0.2) is 4.39 Å². The number of halogens is 1. The second kappa shape index (κ2) is 6.66. The summed E-state index contributed by atoms with van der Waals surface area (Å²) in [7, 11) is 0. The zero-order valence-electron chi connectivity index (χ0n) is 9.84. The van der Waals surface area contributed by atoms with E-state index in [2.05, 4.69) is 0 Å². The van der Waals surface area contributed by atoms with E-state index in [4.69, 9.17) is 0 Å². The lowest BCUT2D eigenvalue weighted by Crippen LogP contribution is -2.64. The van der Waals surface area contributed by atoms with Crippen LogP contribution in [0.4, 0.5) is 4.39 Å². The second-order valence-electron chi connectivity index (χ2n) is 3.97. The number of aromatic nitrogens is 1. The molecule has 2 rings (SSSR count). The van der Waals surface area contributed by atoms with Crippen LogP contribution in [-0.2, 0) is 13.0 Å². The molecular formula is C13H15FN2O2. The maximum absolute atomic E-state index is 13.0. The zero-order chi connectivity index (χ0) is 12.1. The van der Waals surface area contributed by atoms with E-state index in [-0.39, 0.29) is 11.3 Å². The highest BCUT2D eigenvalue weighted by Crippen LogP contribution is 2.08. The van der Waals surface area contributed by atoms with Crippen molar-refractivity contribution < 1.29 is 15.0 Å². The van der Waals surface area contributed by atoms with Gasteiger partial charge in [0.15, 0.2) is 6.54 Å².